The van der Waals surface area contributed by atoms with Gasteiger partial charge in [0.15, 0.2) is 0 Å². The van der Waals surface area contributed by atoms with Crippen molar-refractivity contribution in [1.29, 1.82) is 0 Å². The molecule has 0 spiro atoms. The molecule has 1 aliphatic rings. The Balaban J connectivity index is 2.06. The zero-order chi connectivity index (χ0) is 15.0. The third kappa shape index (κ3) is 7.58. The number of nitrogens with one attached hydrogen (secondary N) is 1. The Morgan fingerprint density at radius 2 is 1.90 bits per heavy atom. The summed E-state index contributed by atoms with van der Waals surface area (Å²) in [4.78, 5) is 0. The molecule has 0 aromatic carbocycles. The van der Waals surface area contributed by atoms with Crippen molar-refractivity contribution in [2.45, 2.75) is 71.2 Å². The Bertz CT molecular complexity index is 248. The van der Waals surface area contributed by atoms with Crippen LogP contribution in [0.1, 0.15) is 52.9 Å². The van der Waals surface area contributed by atoms with Crippen molar-refractivity contribution in [3.63, 3.8) is 0 Å². The van der Waals surface area contributed by atoms with Crippen LogP contribution in [-0.4, -0.2) is 48.2 Å². The van der Waals surface area contributed by atoms with E-state index in [-0.39, 0.29) is 12.2 Å². The monoisotopic (exact) mass is 287 g/mol. The van der Waals surface area contributed by atoms with Gasteiger partial charge in [-0.25, -0.2) is 0 Å². The van der Waals surface area contributed by atoms with Crippen molar-refractivity contribution in [3.05, 3.63) is 0 Å². The molecule has 1 fully saturated rings. The quantitative estimate of drug-likeness (QED) is 0.606. The first-order valence-electron chi connectivity index (χ1n) is 8.17. The van der Waals surface area contributed by atoms with E-state index < -0.39 is 6.10 Å². The van der Waals surface area contributed by atoms with Crippen molar-refractivity contribution in [2.24, 2.45) is 11.8 Å². The van der Waals surface area contributed by atoms with Gasteiger partial charge in [0.2, 0.25) is 0 Å². The normalized spacial score (nSPS) is 26.7. The molecule has 0 aromatic heterocycles. The standard InChI is InChI=1S/C16H33NO3/c1-12(2)8-13(3)20-11-15(18)10-17-9-14-6-4-5-7-16(14)19/h12-19H,4-11H2,1-3H3. The van der Waals surface area contributed by atoms with Crippen molar-refractivity contribution in [1.82, 2.24) is 5.32 Å². The lowest BCUT2D eigenvalue weighted by molar-refractivity contribution is -0.00971. The maximum atomic E-state index is 9.88. The number of aliphatic hydroxyl groups is 2. The highest BCUT2D eigenvalue weighted by molar-refractivity contribution is 4.76. The van der Waals surface area contributed by atoms with E-state index in [1.165, 1.54) is 6.42 Å². The minimum Gasteiger partial charge on any atom is -0.393 e. The Labute approximate surface area is 123 Å². The molecule has 0 bridgehead atoms. The Morgan fingerprint density at radius 3 is 2.55 bits per heavy atom. The van der Waals surface area contributed by atoms with Gasteiger partial charge in [-0.2, -0.15) is 0 Å². The van der Waals surface area contributed by atoms with Gasteiger partial charge in [0.1, 0.15) is 0 Å². The van der Waals surface area contributed by atoms with Gasteiger partial charge < -0.3 is 20.3 Å². The van der Waals surface area contributed by atoms with Crippen LogP contribution in [0.2, 0.25) is 0 Å². The summed E-state index contributed by atoms with van der Waals surface area (Å²) < 4.78 is 5.64. The molecule has 0 radical (unpaired) electrons. The summed E-state index contributed by atoms with van der Waals surface area (Å²) in [6, 6.07) is 0. The van der Waals surface area contributed by atoms with Crippen LogP contribution in [0.4, 0.5) is 0 Å². The van der Waals surface area contributed by atoms with Crippen molar-refractivity contribution >= 4 is 0 Å². The average molecular weight is 287 g/mol. The van der Waals surface area contributed by atoms with E-state index in [9.17, 15) is 10.2 Å². The zero-order valence-corrected chi connectivity index (χ0v) is 13.3. The van der Waals surface area contributed by atoms with Crippen molar-refractivity contribution < 1.29 is 14.9 Å². The van der Waals surface area contributed by atoms with Gasteiger partial charge in [0.05, 0.1) is 24.9 Å². The summed E-state index contributed by atoms with van der Waals surface area (Å²) in [5, 5.41) is 23.0. The molecule has 4 heteroatoms. The third-order valence-electron chi connectivity index (χ3n) is 4.03. The van der Waals surface area contributed by atoms with Crippen LogP contribution in [0, 0.1) is 11.8 Å². The molecule has 20 heavy (non-hydrogen) atoms. The fourth-order valence-electron chi connectivity index (χ4n) is 2.93. The largest absolute Gasteiger partial charge is 0.393 e. The van der Waals surface area contributed by atoms with E-state index >= 15 is 0 Å². The van der Waals surface area contributed by atoms with E-state index in [1.54, 1.807) is 0 Å². The second-order valence-corrected chi connectivity index (χ2v) is 6.70. The number of hydrogen-bond acceptors (Lipinski definition) is 4. The van der Waals surface area contributed by atoms with Gasteiger partial charge in [0, 0.05) is 13.1 Å². The molecule has 1 saturated carbocycles. The summed E-state index contributed by atoms with van der Waals surface area (Å²) in [5.74, 6) is 0.963. The van der Waals surface area contributed by atoms with Gasteiger partial charge >= 0.3 is 0 Å². The number of ether oxygens (including phenoxy) is 1. The first-order valence-corrected chi connectivity index (χ1v) is 8.17. The van der Waals surface area contributed by atoms with Crippen LogP contribution in [0.5, 0.6) is 0 Å². The van der Waals surface area contributed by atoms with Gasteiger partial charge in [0.25, 0.3) is 0 Å². The maximum Gasteiger partial charge on any atom is 0.0897 e. The Kier molecular flexibility index (Phi) is 8.69. The second kappa shape index (κ2) is 9.72. The lowest BCUT2D eigenvalue weighted by Gasteiger charge is -2.28. The number of hydrogen-bond donors (Lipinski definition) is 3. The lowest BCUT2D eigenvalue weighted by atomic mass is 9.86. The highest BCUT2D eigenvalue weighted by Gasteiger charge is 2.22. The number of rotatable bonds is 9. The molecule has 0 aromatic rings. The second-order valence-electron chi connectivity index (χ2n) is 6.70. The van der Waals surface area contributed by atoms with Crippen LogP contribution in [-0.2, 0) is 4.74 Å². The molecule has 0 amide bonds. The summed E-state index contributed by atoms with van der Waals surface area (Å²) in [5.41, 5.74) is 0. The predicted molar refractivity (Wildman–Crippen MR) is 81.7 cm³/mol. The molecular formula is C16H33NO3. The molecule has 1 rings (SSSR count). The van der Waals surface area contributed by atoms with Crippen LogP contribution in [0.3, 0.4) is 0 Å². The summed E-state index contributed by atoms with van der Waals surface area (Å²) >= 11 is 0. The maximum absolute atomic E-state index is 9.88. The SMILES string of the molecule is CC(C)CC(C)OCC(O)CNCC1CCCCC1O. The van der Waals surface area contributed by atoms with Gasteiger partial charge in [-0.05, 0) is 38.0 Å². The highest BCUT2D eigenvalue weighted by Crippen LogP contribution is 2.23. The molecule has 0 aliphatic heterocycles. The van der Waals surface area contributed by atoms with E-state index in [1.807, 2.05) is 0 Å². The van der Waals surface area contributed by atoms with Gasteiger partial charge in [-0.3, -0.25) is 0 Å². The Hall–Kier alpha value is -0.160. The predicted octanol–water partition coefficient (Wildman–Crippen LogP) is 1.94. The van der Waals surface area contributed by atoms with E-state index in [0.29, 0.717) is 25.0 Å². The number of aliphatic hydroxyl groups excluding tert-OH is 2. The fourth-order valence-corrected chi connectivity index (χ4v) is 2.93. The zero-order valence-electron chi connectivity index (χ0n) is 13.3. The minimum absolute atomic E-state index is 0.171. The van der Waals surface area contributed by atoms with Crippen molar-refractivity contribution in [3.8, 4) is 0 Å². The van der Waals surface area contributed by atoms with Crippen LogP contribution < -0.4 is 5.32 Å². The fraction of sp³-hybridized carbons (Fsp3) is 1.00. The topological polar surface area (TPSA) is 61.7 Å². The van der Waals surface area contributed by atoms with E-state index in [0.717, 1.165) is 32.2 Å². The average Bonchev–Trinajstić information content (AvgIpc) is 2.38. The molecule has 3 N–H and O–H groups in total. The summed E-state index contributed by atoms with van der Waals surface area (Å²) in [7, 11) is 0. The first kappa shape index (κ1) is 17.9. The molecular weight excluding hydrogens is 254 g/mol. The molecule has 4 unspecified atom stereocenters. The summed E-state index contributed by atoms with van der Waals surface area (Å²) in [6.07, 6.45) is 4.94. The van der Waals surface area contributed by atoms with Crippen LogP contribution >= 0.6 is 0 Å². The molecule has 4 nitrogen and oxygen atoms in total. The Morgan fingerprint density at radius 1 is 1.20 bits per heavy atom. The molecule has 120 valence electrons. The molecule has 1 aliphatic carbocycles. The van der Waals surface area contributed by atoms with Crippen LogP contribution in [0.25, 0.3) is 0 Å². The summed E-state index contributed by atoms with van der Waals surface area (Å²) in [6.45, 7) is 8.12. The van der Waals surface area contributed by atoms with Gasteiger partial charge in [-0.15, -0.1) is 0 Å². The molecule has 0 saturated heterocycles. The van der Waals surface area contributed by atoms with Crippen molar-refractivity contribution in [2.75, 3.05) is 19.7 Å². The van der Waals surface area contributed by atoms with Gasteiger partial charge in [-0.1, -0.05) is 26.7 Å². The minimum atomic E-state index is -0.467. The van der Waals surface area contributed by atoms with Crippen LogP contribution in [0.15, 0.2) is 0 Å². The van der Waals surface area contributed by atoms with E-state index in [2.05, 4.69) is 26.1 Å². The lowest BCUT2D eigenvalue weighted by Crippen LogP contribution is -2.38. The smallest absolute Gasteiger partial charge is 0.0897 e. The first-order chi connectivity index (χ1) is 9.49. The highest BCUT2D eigenvalue weighted by atomic mass is 16.5. The molecule has 4 atom stereocenters. The third-order valence-corrected chi connectivity index (χ3v) is 4.03. The van der Waals surface area contributed by atoms with E-state index in [4.69, 9.17) is 4.74 Å². The molecule has 0 heterocycles.